The van der Waals surface area contributed by atoms with E-state index in [-0.39, 0.29) is 33.6 Å². The van der Waals surface area contributed by atoms with Crippen LogP contribution in [0.5, 0.6) is 17.8 Å². The zero-order valence-electron chi connectivity index (χ0n) is 12.2. The second-order valence-corrected chi connectivity index (χ2v) is 7.71. The van der Waals surface area contributed by atoms with Crippen LogP contribution in [-0.4, -0.2) is 56.9 Å². The Bertz CT molecular complexity index is 829. The smallest absolute Gasteiger partial charge is 0.323 e. The average Bonchev–Trinajstić information content (AvgIpc) is 2.96. The Balaban J connectivity index is 2.25. The lowest BCUT2D eigenvalue weighted by molar-refractivity contribution is 0.297. The highest BCUT2D eigenvalue weighted by atomic mass is 32.2. The van der Waals surface area contributed by atoms with Crippen molar-refractivity contribution in [2.75, 3.05) is 18.1 Å². The minimum atomic E-state index is -3.57. The molecule has 0 aliphatic heterocycles. The number of aromatic nitrogens is 4. The zero-order valence-corrected chi connectivity index (χ0v) is 14.7. The summed E-state index contributed by atoms with van der Waals surface area (Å²) in [6.07, 6.45) is 0. The molecule has 0 bridgehead atoms. The van der Waals surface area contributed by atoms with Gasteiger partial charge in [-0.05, 0) is 6.92 Å². The molecule has 2 aromatic rings. The molecule has 0 unspecified atom stereocenters. The summed E-state index contributed by atoms with van der Waals surface area (Å²) in [4.78, 5) is 7.15. The van der Waals surface area contributed by atoms with Gasteiger partial charge < -0.3 is 14.9 Å². The molecular formula is C10H12N6O5S3. The van der Waals surface area contributed by atoms with Crippen molar-refractivity contribution < 1.29 is 23.4 Å². The van der Waals surface area contributed by atoms with Crippen LogP contribution in [-0.2, 0) is 9.84 Å². The van der Waals surface area contributed by atoms with Gasteiger partial charge in [-0.1, -0.05) is 11.3 Å². The van der Waals surface area contributed by atoms with Gasteiger partial charge in [-0.3, -0.25) is 0 Å². The molecule has 0 atom stereocenters. The van der Waals surface area contributed by atoms with Crippen LogP contribution in [0.1, 0.15) is 6.92 Å². The number of nitrogens with zero attached hydrogens (tertiary/aromatic N) is 6. The maximum absolute atomic E-state index is 11.8. The van der Waals surface area contributed by atoms with Crippen molar-refractivity contribution in [2.45, 2.75) is 11.3 Å². The molecule has 14 heteroatoms. The molecule has 0 saturated heterocycles. The van der Waals surface area contributed by atoms with Gasteiger partial charge in [0.2, 0.25) is 31.6 Å². The molecular weight excluding hydrogens is 380 g/mol. The number of ether oxygens (including phenoxy) is 1. The molecule has 2 N–H and O–H groups in total. The van der Waals surface area contributed by atoms with Gasteiger partial charge in [0.1, 0.15) is 0 Å². The maximum atomic E-state index is 11.8. The molecule has 0 fully saturated rings. The zero-order chi connectivity index (χ0) is 17.7. The van der Waals surface area contributed by atoms with Gasteiger partial charge >= 0.3 is 6.01 Å². The Labute approximate surface area is 145 Å². The Kier molecular flexibility index (Phi) is 5.84. The molecule has 2 aromatic heterocycles. The van der Waals surface area contributed by atoms with E-state index in [1.807, 2.05) is 0 Å². The summed E-state index contributed by atoms with van der Waals surface area (Å²) in [5, 5.41) is 33.6. The van der Waals surface area contributed by atoms with Gasteiger partial charge in [-0.25, -0.2) is 8.42 Å². The van der Waals surface area contributed by atoms with Crippen LogP contribution in [0.2, 0.25) is 0 Å². The number of aromatic hydroxyl groups is 2. The molecule has 0 radical (unpaired) electrons. The molecule has 0 aliphatic carbocycles. The molecule has 11 nitrogen and oxygen atoms in total. The second kappa shape index (κ2) is 7.67. The first kappa shape index (κ1) is 18.3. The summed E-state index contributed by atoms with van der Waals surface area (Å²) < 4.78 is 28.3. The minimum Gasteiger partial charge on any atom is -0.491 e. The number of rotatable bonds is 7. The molecule has 24 heavy (non-hydrogen) atoms. The second-order valence-electron chi connectivity index (χ2n) is 4.03. The standard InChI is InChI=1S/C10H12N6O5S3/c1-2-21-8-11-6(17)5(7(18)12-8)13-14-9-15-16-10(23-9)24(19,20)4-3-22/h22H,2-4H2,1H3,(H2,11,12,17,18)/b14-13+. The van der Waals surface area contributed by atoms with E-state index in [4.69, 9.17) is 4.74 Å². The molecule has 130 valence electrons. The highest BCUT2D eigenvalue weighted by molar-refractivity contribution is 7.94. The third-order valence-corrected chi connectivity index (χ3v) is 5.85. The Morgan fingerprint density at radius 2 is 1.88 bits per heavy atom. The highest BCUT2D eigenvalue weighted by Crippen LogP contribution is 2.36. The van der Waals surface area contributed by atoms with Crippen LogP contribution in [0.25, 0.3) is 0 Å². The molecule has 2 rings (SSSR count). The van der Waals surface area contributed by atoms with Crippen molar-refractivity contribution >= 4 is 44.6 Å². The van der Waals surface area contributed by atoms with E-state index in [0.717, 1.165) is 0 Å². The quantitative estimate of drug-likeness (QED) is 0.465. The van der Waals surface area contributed by atoms with Crippen molar-refractivity contribution in [3.8, 4) is 17.8 Å². The first-order chi connectivity index (χ1) is 11.4. The van der Waals surface area contributed by atoms with Crippen molar-refractivity contribution in [1.82, 2.24) is 20.2 Å². The van der Waals surface area contributed by atoms with Crippen molar-refractivity contribution in [3.63, 3.8) is 0 Å². The fourth-order valence-corrected chi connectivity index (χ4v) is 4.05. The molecule has 0 amide bonds. The summed E-state index contributed by atoms with van der Waals surface area (Å²) in [6.45, 7) is 1.92. The molecule has 0 aromatic carbocycles. The summed E-state index contributed by atoms with van der Waals surface area (Å²) in [5.41, 5.74) is -0.409. The van der Waals surface area contributed by atoms with Crippen molar-refractivity contribution in [1.29, 1.82) is 0 Å². The molecule has 2 heterocycles. The molecule has 0 aliphatic rings. The van der Waals surface area contributed by atoms with Gasteiger partial charge in [-0.2, -0.15) is 22.6 Å². The van der Waals surface area contributed by atoms with Gasteiger partial charge in [0, 0.05) is 5.75 Å². The van der Waals surface area contributed by atoms with Crippen LogP contribution in [0, 0.1) is 0 Å². The topological polar surface area (TPSA) is 160 Å². The largest absolute Gasteiger partial charge is 0.491 e. The number of azo groups is 1. The van der Waals surface area contributed by atoms with E-state index in [2.05, 4.69) is 43.0 Å². The lowest BCUT2D eigenvalue weighted by Crippen LogP contribution is -2.07. The predicted octanol–water partition coefficient (Wildman–Crippen LogP) is 1.26. The highest BCUT2D eigenvalue weighted by Gasteiger charge is 2.20. The minimum absolute atomic E-state index is 0.0829. The van der Waals surface area contributed by atoms with Gasteiger partial charge in [-0.15, -0.1) is 20.4 Å². The van der Waals surface area contributed by atoms with Crippen LogP contribution >= 0.6 is 24.0 Å². The monoisotopic (exact) mass is 392 g/mol. The Hall–Kier alpha value is -2.06. The number of thiol groups is 1. The SMILES string of the molecule is CCOc1nc(O)c(/N=N/c2nnc(S(=O)(=O)CCS)s2)c(O)n1. The van der Waals surface area contributed by atoms with Gasteiger partial charge in [0.25, 0.3) is 5.13 Å². The Morgan fingerprint density at radius 1 is 1.21 bits per heavy atom. The van der Waals surface area contributed by atoms with E-state index < -0.39 is 27.3 Å². The number of hydrogen-bond acceptors (Lipinski definition) is 13. The lowest BCUT2D eigenvalue weighted by Gasteiger charge is -2.03. The van der Waals surface area contributed by atoms with E-state index >= 15 is 0 Å². The van der Waals surface area contributed by atoms with Crippen molar-refractivity contribution in [3.05, 3.63) is 0 Å². The normalized spacial score (nSPS) is 11.9. The first-order valence-electron chi connectivity index (χ1n) is 6.39. The fourth-order valence-electron chi connectivity index (χ4n) is 1.36. The van der Waals surface area contributed by atoms with Crippen molar-refractivity contribution in [2.24, 2.45) is 10.2 Å². The van der Waals surface area contributed by atoms with Gasteiger partial charge in [0.05, 0.1) is 12.4 Å². The lowest BCUT2D eigenvalue weighted by atomic mass is 10.5. The third kappa shape index (κ3) is 4.27. The van der Waals surface area contributed by atoms with Crippen LogP contribution in [0.15, 0.2) is 14.6 Å². The number of sulfone groups is 1. The Morgan fingerprint density at radius 3 is 2.46 bits per heavy atom. The van der Waals surface area contributed by atoms with E-state index in [1.54, 1.807) is 6.92 Å². The summed E-state index contributed by atoms with van der Waals surface area (Å²) in [6, 6.07) is -0.220. The summed E-state index contributed by atoms with van der Waals surface area (Å²) >= 11 is 4.55. The molecule has 0 spiro atoms. The fraction of sp³-hybridized carbons (Fsp3) is 0.400. The molecule has 0 saturated carbocycles. The number of hydrogen-bond donors (Lipinski definition) is 3. The summed E-state index contributed by atoms with van der Waals surface area (Å²) in [5.74, 6) is -1.34. The van der Waals surface area contributed by atoms with Crippen LogP contribution in [0.3, 0.4) is 0 Å². The summed E-state index contributed by atoms with van der Waals surface area (Å²) in [7, 11) is -3.57. The van der Waals surface area contributed by atoms with E-state index in [0.29, 0.717) is 11.3 Å². The van der Waals surface area contributed by atoms with Gasteiger partial charge in [0.15, 0.2) is 0 Å². The van der Waals surface area contributed by atoms with Crippen LogP contribution < -0.4 is 4.74 Å². The first-order valence-corrected chi connectivity index (χ1v) is 9.49. The maximum Gasteiger partial charge on any atom is 0.323 e. The van der Waals surface area contributed by atoms with E-state index in [9.17, 15) is 18.6 Å². The predicted molar refractivity (Wildman–Crippen MR) is 86.5 cm³/mol. The average molecular weight is 392 g/mol. The third-order valence-electron chi connectivity index (χ3n) is 2.36. The van der Waals surface area contributed by atoms with Crippen LogP contribution in [0.4, 0.5) is 10.8 Å². The van der Waals surface area contributed by atoms with E-state index in [1.165, 1.54) is 0 Å².